The van der Waals surface area contributed by atoms with E-state index in [0.717, 1.165) is 65.7 Å². The number of furan rings is 1. The Hall–Kier alpha value is -6.18. The lowest BCUT2D eigenvalue weighted by molar-refractivity contribution is 0.669. The van der Waals surface area contributed by atoms with Gasteiger partial charge in [-0.1, -0.05) is 119 Å². The molecule has 0 bridgehead atoms. The number of hydrogen-bond donors (Lipinski definition) is 0. The summed E-state index contributed by atoms with van der Waals surface area (Å²) in [5.41, 5.74) is 7.98. The van der Waals surface area contributed by atoms with Gasteiger partial charge in [0.2, 0.25) is 0 Å². The second-order valence-corrected chi connectivity index (χ2v) is 15.4. The summed E-state index contributed by atoms with van der Waals surface area (Å²) in [5, 5.41) is 10.9. The Morgan fingerprint density at radius 1 is 0.271 bits per heavy atom. The summed E-state index contributed by atoms with van der Waals surface area (Å²) in [7, 11) is 55.1. The van der Waals surface area contributed by atoms with E-state index in [1.165, 1.54) is 10.8 Å². The van der Waals surface area contributed by atoms with Crippen molar-refractivity contribution in [2.75, 3.05) is 0 Å². The minimum absolute atomic E-state index is 0.162. The van der Waals surface area contributed by atoms with Crippen LogP contribution >= 0.6 is 0 Å². The van der Waals surface area contributed by atoms with Crippen molar-refractivity contribution in [1.82, 2.24) is 0 Å². The third-order valence-corrected chi connectivity index (χ3v) is 12.2. The second-order valence-electron chi connectivity index (χ2n) is 15.4. The fourth-order valence-electron chi connectivity index (χ4n) is 9.18. The van der Waals surface area contributed by atoms with E-state index in [2.05, 4.69) is 97.1 Å². The van der Waals surface area contributed by atoms with Crippen LogP contribution in [0.4, 0.5) is 0 Å². The van der Waals surface area contributed by atoms with Crippen molar-refractivity contribution >= 4 is 182 Å². The molecule has 0 unspecified atom stereocenters. The predicted molar refractivity (Wildman–Crippen MR) is 261 cm³/mol. The number of hydrogen-bond acceptors (Lipinski definition) is 1. The highest BCUT2D eigenvalue weighted by Gasteiger charge is 2.25. The zero-order valence-electron chi connectivity index (χ0n) is 31.7. The van der Waals surface area contributed by atoms with Crippen molar-refractivity contribution in [3.05, 3.63) is 133 Å². The van der Waals surface area contributed by atoms with Gasteiger partial charge in [-0.05, 0) is 124 Å². The monoisotopic (exact) mass is 726 g/mol. The first-order chi connectivity index (χ1) is 28.6. The number of fused-ring (bicyclic) bond motifs is 9. The first-order valence-electron chi connectivity index (χ1n) is 19.2. The van der Waals surface area contributed by atoms with Crippen LogP contribution in [0.1, 0.15) is 0 Å². The van der Waals surface area contributed by atoms with E-state index in [1.807, 2.05) is 36.4 Å². The van der Waals surface area contributed by atoms with E-state index in [9.17, 15) is 0 Å². The molecule has 0 fully saturated rings. The zero-order chi connectivity index (χ0) is 40.4. The van der Waals surface area contributed by atoms with Gasteiger partial charge in [-0.15, -0.1) is 21.9 Å². The van der Waals surface area contributed by atoms with Gasteiger partial charge in [0.15, 0.2) is 0 Å². The van der Waals surface area contributed by atoms with Crippen molar-refractivity contribution < 1.29 is 4.42 Å². The molecule has 0 saturated carbocycles. The normalized spacial score (nSPS) is 11.9. The molecule has 59 heavy (non-hydrogen) atoms. The van der Waals surface area contributed by atoms with Gasteiger partial charge in [0.05, 0.1) is 0 Å². The molecule has 11 aromatic rings. The van der Waals surface area contributed by atoms with E-state index in [-0.39, 0.29) is 43.7 Å². The summed E-state index contributed by atoms with van der Waals surface area (Å²) in [4.78, 5) is 0. The fourth-order valence-corrected chi connectivity index (χ4v) is 9.18. The van der Waals surface area contributed by atoms with E-state index >= 15 is 0 Å². The van der Waals surface area contributed by atoms with Gasteiger partial charge in [0, 0.05) is 10.8 Å². The summed E-state index contributed by atoms with van der Waals surface area (Å²) >= 11 is 0. The third kappa shape index (κ3) is 5.23. The Labute approximate surface area is 351 Å². The number of benzene rings is 10. The van der Waals surface area contributed by atoms with Gasteiger partial charge in [-0.25, -0.2) is 0 Å². The highest BCUT2D eigenvalue weighted by Crippen LogP contribution is 2.43. The van der Waals surface area contributed by atoms with Crippen LogP contribution in [0.15, 0.2) is 138 Å². The molecule has 10 aromatic carbocycles. The van der Waals surface area contributed by atoms with Gasteiger partial charge in [-0.2, -0.15) is 0 Å². The Morgan fingerprint density at radius 3 is 1.34 bits per heavy atom. The van der Waals surface area contributed by atoms with Gasteiger partial charge in [0.1, 0.15) is 73.9 Å². The Morgan fingerprint density at radius 2 is 0.712 bits per heavy atom. The summed E-state index contributed by atoms with van der Waals surface area (Å²) in [5.74, 6) is 0. The van der Waals surface area contributed by atoms with Crippen LogP contribution in [0.5, 0.6) is 0 Å². The van der Waals surface area contributed by atoms with Crippen molar-refractivity contribution in [1.29, 1.82) is 0 Å². The van der Waals surface area contributed by atoms with E-state index in [1.54, 1.807) is 0 Å². The van der Waals surface area contributed by atoms with Gasteiger partial charge in [0.25, 0.3) is 0 Å². The summed E-state index contributed by atoms with van der Waals surface area (Å²) in [6, 6.07) is 45.8. The lowest BCUT2D eigenvalue weighted by Gasteiger charge is -2.28. The molecule has 0 saturated heterocycles. The van der Waals surface area contributed by atoms with E-state index in [0.29, 0.717) is 32.7 Å². The molecule has 0 amide bonds. The minimum atomic E-state index is 0.162. The van der Waals surface area contributed by atoms with Gasteiger partial charge in [-0.3, -0.25) is 0 Å². The highest BCUT2D eigenvalue weighted by molar-refractivity contribution is 6.71. The molecule has 252 valence electrons. The van der Waals surface area contributed by atoms with Crippen molar-refractivity contribution in [2.45, 2.75) is 0 Å². The van der Waals surface area contributed by atoms with Crippen molar-refractivity contribution in [2.24, 2.45) is 0 Å². The number of rotatable bonds is 3. The van der Waals surface area contributed by atoms with E-state index in [4.69, 9.17) is 67.2 Å². The molecular weight excluding hydrogens is 703 g/mol. The molecule has 1 aromatic heterocycles. The Balaban J connectivity index is 1.25. The maximum atomic E-state index is 7.08. The summed E-state index contributed by atoms with van der Waals surface area (Å²) in [6.07, 6.45) is 0. The SMILES string of the molecule is [B]c1c([B])c([B])c2c(-c3ccc4oc5cc6ccccc6cc5c4c3)c3c([B])c([B])c([B])c([B])c3c(-c3cccc(-c4ccc5ccc6ccccc6c5c4)c3)c2c1[B]. The molecule has 1 nitrogen and oxygen atoms in total. The van der Waals surface area contributed by atoms with Gasteiger partial charge >= 0.3 is 0 Å². The average molecular weight is 725 g/mol. The highest BCUT2D eigenvalue weighted by atomic mass is 16.3. The fraction of sp³-hybridized carbons (Fsp3) is 0. The largest absolute Gasteiger partial charge is 0.456 e. The Bertz CT molecular complexity index is 3580. The molecule has 0 spiro atoms. The minimum Gasteiger partial charge on any atom is -0.456 e. The van der Waals surface area contributed by atoms with Crippen LogP contribution < -0.4 is 43.7 Å². The second kappa shape index (κ2) is 13.2. The molecule has 0 aliphatic heterocycles. The van der Waals surface area contributed by atoms with Crippen LogP contribution in [0, 0.1) is 0 Å². The molecule has 9 heteroatoms. The first kappa shape index (κ1) is 35.9. The quantitative estimate of drug-likeness (QED) is 0.146. The van der Waals surface area contributed by atoms with Crippen LogP contribution in [0.2, 0.25) is 0 Å². The van der Waals surface area contributed by atoms with Crippen LogP contribution in [0.25, 0.3) is 109 Å². The molecule has 1 heterocycles. The average Bonchev–Trinajstić information content (AvgIpc) is 3.63. The van der Waals surface area contributed by atoms with Gasteiger partial charge < -0.3 is 4.42 Å². The van der Waals surface area contributed by atoms with Crippen LogP contribution in [-0.2, 0) is 0 Å². The van der Waals surface area contributed by atoms with Crippen LogP contribution in [-0.4, -0.2) is 62.8 Å². The third-order valence-electron chi connectivity index (χ3n) is 12.2. The van der Waals surface area contributed by atoms with Crippen molar-refractivity contribution in [3.63, 3.8) is 0 Å². The standard InChI is InChI=1S/C50H22B8O/c51-43-39-37(29-10-5-9-25(18-29)28-15-14-24-13-12-23-6-3-4-11-31(23)32(24)19-28)40-42(46(54)50(58)48(56)44(40)52)38(41(39)45(53)49(57)47(43)55)30-16-17-35-33(21-30)34-20-26-7-1-2-8-27(26)22-36(34)59-35/h1-22H. The predicted octanol–water partition coefficient (Wildman–Crippen LogP) is 4.70. The van der Waals surface area contributed by atoms with Crippen LogP contribution in [0.3, 0.4) is 0 Å². The molecular formula is C50H22B8O. The molecule has 11 rings (SSSR count). The molecule has 0 atom stereocenters. The maximum Gasteiger partial charge on any atom is 0.136 e. The summed E-state index contributed by atoms with van der Waals surface area (Å²) in [6.45, 7) is 0. The molecule has 0 aliphatic rings. The molecule has 0 aliphatic carbocycles. The van der Waals surface area contributed by atoms with E-state index < -0.39 is 0 Å². The topological polar surface area (TPSA) is 13.1 Å². The Kier molecular flexibility index (Phi) is 8.02. The van der Waals surface area contributed by atoms with Crippen molar-refractivity contribution in [3.8, 4) is 33.4 Å². The smallest absolute Gasteiger partial charge is 0.136 e. The molecule has 16 radical (unpaired) electrons. The first-order valence-corrected chi connectivity index (χ1v) is 19.2. The summed E-state index contributed by atoms with van der Waals surface area (Å²) < 4.78 is 6.39. The lowest BCUT2D eigenvalue weighted by atomic mass is 9.59. The lowest BCUT2D eigenvalue weighted by Crippen LogP contribution is -2.50. The maximum absolute atomic E-state index is 7.08. The molecule has 0 N–H and O–H groups in total. The zero-order valence-corrected chi connectivity index (χ0v) is 31.7.